The van der Waals surface area contributed by atoms with Crippen LogP contribution >= 0.6 is 0 Å². The van der Waals surface area contributed by atoms with Crippen molar-refractivity contribution < 1.29 is 4.79 Å². The fourth-order valence-electron chi connectivity index (χ4n) is 2.96. The molecule has 0 aliphatic rings. The van der Waals surface area contributed by atoms with Crippen molar-refractivity contribution in [1.82, 2.24) is 4.90 Å². The summed E-state index contributed by atoms with van der Waals surface area (Å²) in [6.45, 7) is 17.5. The quantitative estimate of drug-likeness (QED) is 0.755. The molecule has 1 amide bonds. The Bertz CT molecular complexity index is 496. The number of anilines is 1. The summed E-state index contributed by atoms with van der Waals surface area (Å²) in [5.74, 6) is 1.60. The highest BCUT2D eigenvalue weighted by molar-refractivity contribution is 5.93. The number of aryl methyl sites for hydroxylation is 1. The Labute approximate surface area is 142 Å². The molecular formula is C20H34N2O. The third kappa shape index (κ3) is 6.74. The summed E-state index contributed by atoms with van der Waals surface area (Å²) in [5.41, 5.74) is 3.32. The van der Waals surface area contributed by atoms with E-state index in [1.165, 1.54) is 5.56 Å². The Kier molecular flexibility index (Phi) is 7.77. The molecule has 1 aromatic rings. The molecule has 1 rings (SSSR count). The van der Waals surface area contributed by atoms with Gasteiger partial charge in [0, 0.05) is 18.8 Å². The van der Waals surface area contributed by atoms with Crippen LogP contribution in [0.3, 0.4) is 0 Å². The zero-order chi connectivity index (χ0) is 17.6. The van der Waals surface area contributed by atoms with Crippen LogP contribution in [0.2, 0.25) is 0 Å². The summed E-state index contributed by atoms with van der Waals surface area (Å²) in [4.78, 5) is 14.8. The molecule has 0 heterocycles. The standard InChI is InChI=1S/C20H34N2O/c1-14(2)11-22(12-15(3)4)13-19(23)21-20-17(7)9-8-10-18(20)16(5)6/h8-10,14-16H,11-13H2,1-7H3,(H,21,23). The summed E-state index contributed by atoms with van der Waals surface area (Å²) in [6.07, 6.45) is 0. The minimum absolute atomic E-state index is 0.0856. The Balaban J connectivity index is 2.82. The van der Waals surface area contributed by atoms with E-state index in [1.54, 1.807) is 0 Å². The average molecular weight is 319 g/mol. The maximum absolute atomic E-state index is 12.6. The number of para-hydroxylation sites is 1. The van der Waals surface area contributed by atoms with E-state index >= 15 is 0 Å². The predicted molar refractivity (Wildman–Crippen MR) is 100 cm³/mol. The molecular weight excluding hydrogens is 284 g/mol. The van der Waals surface area contributed by atoms with Gasteiger partial charge in [-0.2, -0.15) is 0 Å². The predicted octanol–water partition coefficient (Wildman–Crippen LogP) is 4.67. The molecule has 0 radical (unpaired) electrons. The highest BCUT2D eigenvalue weighted by Gasteiger charge is 2.16. The van der Waals surface area contributed by atoms with E-state index in [2.05, 4.69) is 76.9 Å². The number of amides is 1. The molecule has 0 atom stereocenters. The first kappa shape index (κ1) is 19.7. The Hall–Kier alpha value is -1.35. The van der Waals surface area contributed by atoms with Gasteiger partial charge in [0.2, 0.25) is 5.91 Å². The third-order valence-corrected chi connectivity index (χ3v) is 3.81. The number of hydrogen-bond donors (Lipinski definition) is 1. The molecule has 1 aromatic carbocycles. The fraction of sp³-hybridized carbons (Fsp3) is 0.650. The van der Waals surface area contributed by atoms with Gasteiger partial charge in [0.1, 0.15) is 0 Å². The molecule has 0 aliphatic carbocycles. The first-order chi connectivity index (χ1) is 10.7. The Morgan fingerprint density at radius 3 is 2.09 bits per heavy atom. The van der Waals surface area contributed by atoms with Crippen molar-refractivity contribution in [1.29, 1.82) is 0 Å². The highest BCUT2D eigenvalue weighted by Crippen LogP contribution is 2.27. The lowest BCUT2D eigenvalue weighted by molar-refractivity contribution is -0.117. The fourth-order valence-corrected chi connectivity index (χ4v) is 2.96. The molecule has 0 spiro atoms. The molecule has 1 N–H and O–H groups in total. The normalized spacial score (nSPS) is 11.8. The zero-order valence-electron chi connectivity index (χ0n) is 15.9. The number of benzene rings is 1. The summed E-state index contributed by atoms with van der Waals surface area (Å²) in [5, 5.41) is 3.16. The van der Waals surface area contributed by atoms with E-state index in [-0.39, 0.29) is 5.91 Å². The third-order valence-electron chi connectivity index (χ3n) is 3.81. The topological polar surface area (TPSA) is 32.3 Å². The number of carbonyl (C=O) groups excluding carboxylic acids is 1. The number of carbonyl (C=O) groups is 1. The van der Waals surface area contributed by atoms with Crippen molar-refractivity contribution in [3.8, 4) is 0 Å². The SMILES string of the molecule is Cc1cccc(C(C)C)c1NC(=O)CN(CC(C)C)CC(C)C. The van der Waals surface area contributed by atoms with Gasteiger partial charge in [0.25, 0.3) is 0 Å². The van der Waals surface area contributed by atoms with Gasteiger partial charge in [-0.3, -0.25) is 9.69 Å². The monoisotopic (exact) mass is 318 g/mol. The first-order valence-corrected chi connectivity index (χ1v) is 8.82. The van der Waals surface area contributed by atoms with Crippen LogP contribution in [0, 0.1) is 18.8 Å². The molecule has 0 saturated carbocycles. The first-order valence-electron chi connectivity index (χ1n) is 8.82. The van der Waals surface area contributed by atoms with Crippen molar-refractivity contribution in [2.45, 2.75) is 54.4 Å². The largest absolute Gasteiger partial charge is 0.324 e. The van der Waals surface area contributed by atoms with Crippen LogP contribution in [0.15, 0.2) is 18.2 Å². The molecule has 0 saturated heterocycles. The van der Waals surface area contributed by atoms with Crippen LogP contribution in [-0.2, 0) is 4.79 Å². The number of nitrogens with one attached hydrogen (secondary N) is 1. The van der Waals surface area contributed by atoms with Crippen LogP contribution in [0.4, 0.5) is 5.69 Å². The number of hydrogen-bond acceptors (Lipinski definition) is 2. The smallest absolute Gasteiger partial charge is 0.238 e. The number of nitrogens with zero attached hydrogens (tertiary/aromatic N) is 1. The van der Waals surface area contributed by atoms with Gasteiger partial charge in [-0.05, 0) is 35.8 Å². The molecule has 0 aromatic heterocycles. The molecule has 0 aliphatic heterocycles. The van der Waals surface area contributed by atoms with Crippen LogP contribution in [-0.4, -0.2) is 30.4 Å². The molecule has 3 heteroatoms. The highest BCUT2D eigenvalue weighted by atomic mass is 16.2. The second-order valence-electron chi connectivity index (χ2n) is 7.72. The molecule has 130 valence electrons. The summed E-state index contributed by atoms with van der Waals surface area (Å²) >= 11 is 0. The van der Waals surface area contributed by atoms with Gasteiger partial charge >= 0.3 is 0 Å². The zero-order valence-corrected chi connectivity index (χ0v) is 15.9. The summed E-state index contributed by atoms with van der Waals surface area (Å²) in [7, 11) is 0. The van der Waals surface area contributed by atoms with Gasteiger partial charge in [0.05, 0.1) is 6.54 Å². The van der Waals surface area contributed by atoms with E-state index < -0.39 is 0 Å². The Morgan fingerprint density at radius 2 is 1.61 bits per heavy atom. The lowest BCUT2D eigenvalue weighted by Gasteiger charge is -2.26. The molecule has 0 unspecified atom stereocenters. The van der Waals surface area contributed by atoms with E-state index in [0.29, 0.717) is 24.3 Å². The lowest BCUT2D eigenvalue weighted by Crippen LogP contribution is -2.38. The van der Waals surface area contributed by atoms with Gasteiger partial charge in [0.15, 0.2) is 0 Å². The van der Waals surface area contributed by atoms with Gasteiger partial charge in [-0.25, -0.2) is 0 Å². The summed E-state index contributed by atoms with van der Waals surface area (Å²) < 4.78 is 0. The van der Waals surface area contributed by atoms with Gasteiger partial charge in [-0.1, -0.05) is 59.7 Å². The molecule has 0 bridgehead atoms. The molecule has 0 fully saturated rings. The maximum Gasteiger partial charge on any atom is 0.238 e. The van der Waals surface area contributed by atoms with Gasteiger partial charge in [-0.15, -0.1) is 0 Å². The van der Waals surface area contributed by atoms with Crippen molar-refractivity contribution in [3.05, 3.63) is 29.3 Å². The van der Waals surface area contributed by atoms with Crippen LogP contribution < -0.4 is 5.32 Å². The van der Waals surface area contributed by atoms with Crippen LogP contribution in [0.5, 0.6) is 0 Å². The van der Waals surface area contributed by atoms with E-state index in [9.17, 15) is 4.79 Å². The minimum atomic E-state index is 0.0856. The van der Waals surface area contributed by atoms with Crippen molar-refractivity contribution in [2.75, 3.05) is 25.0 Å². The number of rotatable bonds is 8. The van der Waals surface area contributed by atoms with Crippen molar-refractivity contribution >= 4 is 11.6 Å². The molecule has 3 nitrogen and oxygen atoms in total. The minimum Gasteiger partial charge on any atom is -0.324 e. The lowest BCUT2D eigenvalue weighted by atomic mass is 9.98. The maximum atomic E-state index is 12.6. The van der Waals surface area contributed by atoms with Crippen LogP contribution in [0.1, 0.15) is 58.6 Å². The van der Waals surface area contributed by atoms with E-state index in [0.717, 1.165) is 24.3 Å². The van der Waals surface area contributed by atoms with Gasteiger partial charge < -0.3 is 5.32 Å². The van der Waals surface area contributed by atoms with Crippen LogP contribution in [0.25, 0.3) is 0 Å². The molecule has 23 heavy (non-hydrogen) atoms. The second-order valence-corrected chi connectivity index (χ2v) is 7.72. The Morgan fingerprint density at radius 1 is 1.04 bits per heavy atom. The average Bonchev–Trinajstić information content (AvgIpc) is 2.38. The van der Waals surface area contributed by atoms with E-state index in [4.69, 9.17) is 0 Å². The van der Waals surface area contributed by atoms with E-state index in [1.807, 2.05) is 0 Å². The summed E-state index contributed by atoms with van der Waals surface area (Å²) in [6, 6.07) is 6.22. The van der Waals surface area contributed by atoms with Crippen molar-refractivity contribution in [3.63, 3.8) is 0 Å². The second kappa shape index (κ2) is 9.07. The van der Waals surface area contributed by atoms with Crippen molar-refractivity contribution in [2.24, 2.45) is 11.8 Å².